The Morgan fingerprint density at radius 2 is 2.19 bits per heavy atom. The average molecular weight is 306 g/mol. The fourth-order valence-corrected chi connectivity index (χ4v) is 3.50. The zero-order valence-electron chi connectivity index (χ0n) is 12.6. The van der Waals surface area contributed by atoms with Gasteiger partial charge in [0, 0.05) is 25.2 Å². The van der Waals surface area contributed by atoms with Gasteiger partial charge in [-0.25, -0.2) is 0 Å². The van der Waals surface area contributed by atoms with Gasteiger partial charge in [0.05, 0.1) is 0 Å². The smallest absolute Gasteiger partial charge is 0.265 e. The van der Waals surface area contributed by atoms with Crippen LogP contribution in [0, 0.1) is 17.8 Å². The van der Waals surface area contributed by atoms with Gasteiger partial charge in [-0.1, -0.05) is 11.8 Å². The number of aliphatic hydroxyl groups excluding tert-OH is 1. The van der Waals surface area contributed by atoms with Gasteiger partial charge in [-0.05, 0) is 44.3 Å². The molecule has 0 saturated carbocycles. The molecule has 2 rings (SSSR count). The largest absolute Gasteiger partial charge is 0.384 e. The number of carbonyl (C=O) groups excluding carboxylic acids is 1. The number of piperidine rings is 1. The summed E-state index contributed by atoms with van der Waals surface area (Å²) >= 11 is 1.43. The fraction of sp³-hybridized carbons (Fsp3) is 0.562. The predicted molar refractivity (Wildman–Crippen MR) is 85.5 cm³/mol. The standard InChI is InChI=1S/C16H22N2O2S/c1-17(2)12-13-5-8-18(9-6-13)16(20)15-14(4-3-10-19)7-11-21-15/h7,11,13,19H,5-6,8-10,12H2,1-2H3. The molecule has 21 heavy (non-hydrogen) atoms. The van der Waals surface area contributed by atoms with Crippen LogP contribution in [-0.2, 0) is 0 Å². The molecule has 1 fully saturated rings. The van der Waals surface area contributed by atoms with Crippen LogP contribution in [0.15, 0.2) is 11.4 Å². The molecule has 0 radical (unpaired) electrons. The minimum atomic E-state index is -0.181. The zero-order valence-corrected chi connectivity index (χ0v) is 13.4. The van der Waals surface area contributed by atoms with E-state index in [1.54, 1.807) is 0 Å². The number of nitrogens with zero attached hydrogens (tertiary/aromatic N) is 2. The summed E-state index contributed by atoms with van der Waals surface area (Å²) in [4.78, 5) is 17.4. The van der Waals surface area contributed by atoms with E-state index in [0.29, 0.717) is 10.8 Å². The summed E-state index contributed by atoms with van der Waals surface area (Å²) in [6.45, 7) is 2.55. The summed E-state index contributed by atoms with van der Waals surface area (Å²) < 4.78 is 0. The lowest BCUT2D eigenvalue weighted by molar-refractivity contribution is 0.0682. The van der Waals surface area contributed by atoms with Crippen molar-refractivity contribution in [2.75, 3.05) is 40.3 Å². The molecule has 4 nitrogen and oxygen atoms in total. The first kappa shape index (κ1) is 16.0. The first-order valence-corrected chi connectivity index (χ1v) is 8.11. The monoisotopic (exact) mass is 306 g/mol. The number of thiophene rings is 1. The van der Waals surface area contributed by atoms with E-state index in [4.69, 9.17) is 5.11 Å². The van der Waals surface area contributed by atoms with Crippen LogP contribution in [0.2, 0.25) is 0 Å². The summed E-state index contributed by atoms with van der Waals surface area (Å²) in [5, 5.41) is 10.7. The minimum absolute atomic E-state index is 0.0792. The highest BCUT2D eigenvalue weighted by molar-refractivity contribution is 7.12. The minimum Gasteiger partial charge on any atom is -0.384 e. The molecule has 0 aliphatic carbocycles. The Labute approximate surface area is 130 Å². The number of likely N-dealkylation sites (tertiary alicyclic amines) is 1. The van der Waals surface area contributed by atoms with Crippen molar-refractivity contribution in [3.8, 4) is 11.8 Å². The maximum atomic E-state index is 12.6. The number of carbonyl (C=O) groups is 1. The van der Waals surface area contributed by atoms with E-state index in [9.17, 15) is 4.79 Å². The van der Waals surface area contributed by atoms with Crippen molar-refractivity contribution in [2.24, 2.45) is 5.92 Å². The topological polar surface area (TPSA) is 43.8 Å². The Morgan fingerprint density at radius 1 is 1.48 bits per heavy atom. The van der Waals surface area contributed by atoms with E-state index in [1.165, 1.54) is 11.3 Å². The third-order valence-electron chi connectivity index (χ3n) is 3.69. The Hall–Kier alpha value is -1.35. The van der Waals surface area contributed by atoms with Crippen LogP contribution in [0.1, 0.15) is 28.1 Å². The summed E-state index contributed by atoms with van der Waals surface area (Å²) in [6.07, 6.45) is 2.12. The summed E-state index contributed by atoms with van der Waals surface area (Å²) in [6, 6.07) is 1.85. The normalized spacial score (nSPS) is 15.9. The lowest BCUT2D eigenvalue weighted by atomic mass is 9.96. The quantitative estimate of drug-likeness (QED) is 0.861. The second-order valence-electron chi connectivity index (χ2n) is 5.62. The first-order chi connectivity index (χ1) is 10.1. The molecule has 0 bridgehead atoms. The van der Waals surface area contributed by atoms with Crippen LogP contribution < -0.4 is 0 Å². The maximum absolute atomic E-state index is 12.6. The predicted octanol–water partition coefficient (Wildman–Crippen LogP) is 1.51. The van der Waals surface area contributed by atoms with E-state index in [1.807, 2.05) is 16.3 Å². The second-order valence-corrected chi connectivity index (χ2v) is 6.54. The van der Waals surface area contributed by atoms with Crippen LogP contribution in [0.5, 0.6) is 0 Å². The number of aliphatic hydroxyl groups is 1. The SMILES string of the molecule is CN(C)CC1CCN(C(=O)c2sccc2C#CCO)CC1. The molecule has 114 valence electrons. The van der Waals surface area contributed by atoms with Crippen molar-refractivity contribution in [1.82, 2.24) is 9.80 Å². The average Bonchev–Trinajstić information content (AvgIpc) is 2.93. The van der Waals surface area contributed by atoms with Crippen molar-refractivity contribution in [1.29, 1.82) is 0 Å². The highest BCUT2D eigenvalue weighted by Gasteiger charge is 2.25. The summed E-state index contributed by atoms with van der Waals surface area (Å²) in [7, 11) is 4.19. The van der Waals surface area contributed by atoms with Crippen molar-refractivity contribution < 1.29 is 9.90 Å². The lowest BCUT2D eigenvalue weighted by Gasteiger charge is -2.33. The Balaban J connectivity index is 1.98. The van der Waals surface area contributed by atoms with Gasteiger partial charge in [-0.2, -0.15) is 0 Å². The molecule has 0 atom stereocenters. The van der Waals surface area contributed by atoms with Crippen LogP contribution in [0.4, 0.5) is 0 Å². The van der Waals surface area contributed by atoms with Crippen LogP contribution in [0.3, 0.4) is 0 Å². The van der Waals surface area contributed by atoms with Gasteiger partial charge in [0.1, 0.15) is 11.5 Å². The van der Waals surface area contributed by atoms with Crippen LogP contribution in [0.25, 0.3) is 0 Å². The number of hydrogen-bond acceptors (Lipinski definition) is 4. The van der Waals surface area contributed by atoms with Crippen molar-refractivity contribution in [2.45, 2.75) is 12.8 Å². The van der Waals surface area contributed by atoms with Gasteiger partial charge in [-0.15, -0.1) is 11.3 Å². The van der Waals surface area contributed by atoms with E-state index in [2.05, 4.69) is 30.8 Å². The van der Waals surface area contributed by atoms with Crippen LogP contribution >= 0.6 is 11.3 Å². The van der Waals surface area contributed by atoms with Crippen molar-refractivity contribution >= 4 is 17.2 Å². The third kappa shape index (κ3) is 4.31. The van der Waals surface area contributed by atoms with Gasteiger partial charge >= 0.3 is 0 Å². The van der Waals surface area contributed by atoms with Crippen LogP contribution in [-0.4, -0.2) is 61.2 Å². The van der Waals surface area contributed by atoms with E-state index in [-0.39, 0.29) is 12.5 Å². The molecule has 0 aromatic carbocycles. The van der Waals surface area contributed by atoms with Gasteiger partial charge in [-0.3, -0.25) is 4.79 Å². The summed E-state index contributed by atoms with van der Waals surface area (Å²) in [5.74, 6) is 6.23. The zero-order chi connectivity index (χ0) is 15.2. The molecule has 1 saturated heterocycles. The molecule has 2 heterocycles. The van der Waals surface area contributed by atoms with E-state index >= 15 is 0 Å². The third-order valence-corrected chi connectivity index (χ3v) is 4.59. The van der Waals surface area contributed by atoms with Gasteiger partial charge in [0.25, 0.3) is 5.91 Å². The molecule has 1 aliphatic rings. The van der Waals surface area contributed by atoms with E-state index in [0.717, 1.165) is 38.0 Å². The molecule has 1 aliphatic heterocycles. The Bertz CT molecular complexity index is 534. The molecule has 1 N–H and O–H groups in total. The van der Waals surface area contributed by atoms with Crippen molar-refractivity contribution in [3.63, 3.8) is 0 Å². The molecule has 5 heteroatoms. The van der Waals surface area contributed by atoms with Crippen molar-refractivity contribution in [3.05, 3.63) is 21.9 Å². The molecular weight excluding hydrogens is 284 g/mol. The van der Waals surface area contributed by atoms with E-state index < -0.39 is 0 Å². The second kappa shape index (κ2) is 7.60. The molecule has 0 spiro atoms. The summed E-state index contributed by atoms with van der Waals surface area (Å²) in [5.41, 5.74) is 0.731. The molecule has 1 aromatic rings. The maximum Gasteiger partial charge on any atom is 0.265 e. The number of amides is 1. The van der Waals surface area contributed by atoms with Gasteiger partial charge in [0.2, 0.25) is 0 Å². The Morgan fingerprint density at radius 3 is 2.81 bits per heavy atom. The Kier molecular flexibility index (Phi) is 5.80. The molecule has 1 aromatic heterocycles. The lowest BCUT2D eigenvalue weighted by Crippen LogP contribution is -2.40. The molecular formula is C16H22N2O2S. The fourth-order valence-electron chi connectivity index (χ4n) is 2.69. The first-order valence-electron chi connectivity index (χ1n) is 7.23. The molecule has 1 amide bonds. The molecule has 0 unspecified atom stereocenters. The number of rotatable bonds is 3. The van der Waals surface area contributed by atoms with Gasteiger partial charge < -0.3 is 14.9 Å². The van der Waals surface area contributed by atoms with Gasteiger partial charge in [0.15, 0.2) is 0 Å². The highest BCUT2D eigenvalue weighted by atomic mass is 32.1. The highest BCUT2D eigenvalue weighted by Crippen LogP contribution is 2.23. The number of hydrogen-bond donors (Lipinski definition) is 1.